The minimum Gasteiger partial charge on any atom is -0.357 e. The topological polar surface area (TPSA) is 73.8 Å². The summed E-state index contributed by atoms with van der Waals surface area (Å²) in [7, 11) is -1.16. The van der Waals surface area contributed by atoms with Crippen LogP contribution in [0.15, 0.2) is 23.2 Å². The van der Waals surface area contributed by atoms with Crippen molar-refractivity contribution in [2.75, 3.05) is 39.5 Å². The molecule has 25 heavy (non-hydrogen) atoms. The van der Waals surface area contributed by atoms with Crippen LogP contribution < -0.4 is 10.6 Å². The van der Waals surface area contributed by atoms with E-state index in [4.69, 9.17) is 0 Å². The summed E-state index contributed by atoms with van der Waals surface area (Å²) in [6, 6.07) is 4.13. The number of aliphatic imine (C=N–C) groups is 1. The van der Waals surface area contributed by atoms with E-state index in [0.717, 1.165) is 19.6 Å². The molecule has 0 saturated heterocycles. The molecule has 0 fully saturated rings. The van der Waals surface area contributed by atoms with Gasteiger partial charge in [0.15, 0.2) is 15.8 Å². The lowest BCUT2D eigenvalue weighted by molar-refractivity contribution is 0.357. The quantitative estimate of drug-likeness (QED) is 0.506. The highest BCUT2D eigenvalue weighted by Crippen LogP contribution is 2.15. The number of rotatable bonds is 9. The van der Waals surface area contributed by atoms with Crippen molar-refractivity contribution in [3.8, 4) is 0 Å². The molecule has 0 atom stereocenters. The Balaban J connectivity index is 2.85. The van der Waals surface area contributed by atoms with E-state index in [9.17, 15) is 12.8 Å². The molecule has 0 saturated carbocycles. The number of nitrogens with zero attached hydrogens (tertiary/aromatic N) is 2. The van der Waals surface area contributed by atoms with Crippen LogP contribution in [0.2, 0.25) is 0 Å². The monoisotopic (exact) mass is 372 g/mol. The maximum absolute atomic E-state index is 13.5. The van der Waals surface area contributed by atoms with Gasteiger partial charge in [-0.25, -0.2) is 17.8 Å². The van der Waals surface area contributed by atoms with E-state index in [1.807, 2.05) is 14.0 Å². The maximum atomic E-state index is 13.5. The summed E-state index contributed by atoms with van der Waals surface area (Å²) in [6.45, 7) is 7.54. The van der Waals surface area contributed by atoms with Gasteiger partial charge in [0.05, 0.1) is 12.3 Å². The zero-order valence-corrected chi connectivity index (χ0v) is 16.3. The van der Waals surface area contributed by atoms with Gasteiger partial charge in [-0.2, -0.15) is 0 Å². The van der Waals surface area contributed by atoms with Crippen LogP contribution >= 0.6 is 0 Å². The largest absolute Gasteiger partial charge is 0.357 e. The first-order valence-corrected chi connectivity index (χ1v) is 10.5. The van der Waals surface area contributed by atoms with Gasteiger partial charge in [0, 0.05) is 25.9 Å². The molecule has 0 bridgehead atoms. The normalized spacial score (nSPS) is 12.5. The summed E-state index contributed by atoms with van der Waals surface area (Å²) >= 11 is 0. The first kappa shape index (κ1) is 21.4. The van der Waals surface area contributed by atoms with Crippen LogP contribution in [-0.4, -0.2) is 58.8 Å². The molecule has 0 heterocycles. The molecule has 1 rings (SSSR count). The predicted octanol–water partition coefficient (Wildman–Crippen LogP) is 1.38. The summed E-state index contributed by atoms with van der Waals surface area (Å²) in [6.07, 6.45) is 1.17. The van der Waals surface area contributed by atoms with Gasteiger partial charge in [0.2, 0.25) is 0 Å². The minimum atomic E-state index is -3.20. The Bertz CT molecular complexity index is 677. The standard InChI is InChI=1S/C17H29FN4O2S/c1-5-19-17(20-9-10-22(3)6-2)21-12-15-11-16(18)8-7-14(15)13-25(4,23)24/h7-8,11H,5-6,9-10,12-13H2,1-4H3,(H2,19,20,21). The van der Waals surface area contributed by atoms with E-state index < -0.39 is 15.7 Å². The molecule has 0 radical (unpaired) electrons. The number of benzene rings is 1. The van der Waals surface area contributed by atoms with Crippen molar-refractivity contribution in [2.24, 2.45) is 4.99 Å². The Labute approximate surface area is 150 Å². The number of hydrogen-bond acceptors (Lipinski definition) is 4. The van der Waals surface area contributed by atoms with Gasteiger partial charge in [-0.1, -0.05) is 13.0 Å². The van der Waals surface area contributed by atoms with Gasteiger partial charge in [-0.15, -0.1) is 0 Å². The van der Waals surface area contributed by atoms with Gasteiger partial charge >= 0.3 is 0 Å². The fourth-order valence-electron chi connectivity index (χ4n) is 2.19. The van der Waals surface area contributed by atoms with Crippen LogP contribution in [0, 0.1) is 5.82 Å². The lowest BCUT2D eigenvalue weighted by Gasteiger charge is -2.16. The average Bonchev–Trinajstić information content (AvgIpc) is 2.53. The van der Waals surface area contributed by atoms with Crippen LogP contribution in [0.4, 0.5) is 4.39 Å². The molecule has 1 aromatic carbocycles. The molecular formula is C17H29FN4O2S. The van der Waals surface area contributed by atoms with Crippen molar-refractivity contribution < 1.29 is 12.8 Å². The molecule has 0 spiro atoms. The van der Waals surface area contributed by atoms with Gasteiger partial charge in [0.1, 0.15) is 5.82 Å². The van der Waals surface area contributed by atoms with Gasteiger partial charge in [-0.3, -0.25) is 0 Å². The zero-order chi connectivity index (χ0) is 18.9. The molecule has 142 valence electrons. The lowest BCUT2D eigenvalue weighted by atomic mass is 10.1. The van der Waals surface area contributed by atoms with Crippen molar-refractivity contribution in [1.29, 1.82) is 0 Å². The van der Waals surface area contributed by atoms with Gasteiger partial charge in [-0.05, 0) is 43.8 Å². The number of nitrogens with one attached hydrogen (secondary N) is 2. The first-order valence-electron chi connectivity index (χ1n) is 8.41. The lowest BCUT2D eigenvalue weighted by Crippen LogP contribution is -2.40. The van der Waals surface area contributed by atoms with Crippen molar-refractivity contribution >= 4 is 15.8 Å². The number of likely N-dealkylation sites (N-methyl/N-ethyl adjacent to an activating group) is 1. The van der Waals surface area contributed by atoms with E-state index in [1.165, 1.54) is 24.5 Å². The third kappa shape index (κ3) is 8.83. The van der Waals surface area contributed by atoms with Crippen molar-refractivity contribution in [2.45, 2.75) is 26.1 Å². The Morgan fingerprint density at radius 3 is 2.56 bits per heavy atom. The minimum absolute atomic E-state index is 0.122. The molecule has 0 aliphatic rings. The summed E-state index contributed by atoms with van der Waals surface area (Å²) in [5.41, 5.74) is 1.16. The zero-order valence-electron chi connectivity index (χ0n) is 15.5. The van der Waals surface area contributed by atoms with E-state index in [-0.39, 0.29) is 12.3 Å². The highest BCUT2D eigenvalue weighted by Gasteiger charge is 2.10. The molecule has 0 aliphatic carbocycles. The van der Waals surface area contributed by atoms with Crippen LogP contribution in [0.25, 0.3) is 0 Å². The fraction of sp³-hybridized carbons (Fsp3) is 0.588. The first-order chi connectivity index (χ1) is 11.7. The molecule has 2 N–H and O–H groups in total. The van der Waals surface area contributed by atoms with Gasteiger partial charge < -0.3 is 15.5 Å². The molecule has 1 aromatic rings. The molecule has 0 unspecified atom stereocenters. The molecular weight excluding hydrogens is 343 g/mol. The van der Waals surface area contributed by atoms with Crippen molar-refractivity contribution in [1.82, 2.24) is 15.5 Å². The highest BCUT2D eigenvalue weighted by atomic mass is 32.2. The Hall–Kier alpha value is -1.67. The van der Waals surface area contributed by atoms with E-state index in [2.05, 4.69) is 27.4 Å². The third-order valence-electron chi connectivity index (χ3n) is 3.66. The number of halogens is 1. The number of hydrogen-bond donors (Lipinski definition) is 2. The van der Waals surface area contributed by atoms with E-state index in [0.29, 0.717) is 23.6 Å². The van der Waals surface area contributed by atoms with Crippen LogP contribution in [0.5, 0.6) is 0 Å². The Kier molecular flexibility index (Phi) is 8.85. The molecule has 0 amide bonds. The third-order valence-corrected chi connectivity index (χ3v) is 4.50. The molecule has 8 heteroatoms. The van der Waals surface area contributed by atoms with Crippen LogP contribution in [-0.2, 0) is 22.1 Å². The van der Waals surface area contributed by atoms with Crippen LogP contribution in [0.1, 0.15) is 25.0 Å². The van der Waals surface area contributed by atoms with Crippen molar-refractivity contribution in [3.63, 3.8) is 0 Å². The van der Waals surface area contributed by atoms with Gasteiger partial charge in [0.25, 0.3) is 0 Å². The highest BCUT2D eigenvalue weighted by molar-refractivity contribution is 7.89. The van der Waals surface area contributed by atoms with E-state index >= 15 is 0 Å². The SMILES string of the molecule is CCNC(=NCc1cc(F)ccc1CS(C)(=O)=O)NCCN(C)CC. The second-order valence-electron chi connectivity index (χ2n) is 6.00. The number of guanidine groups is 1. The number of sulfone groups is 1. The Morgan fingerprint density at radius 1 is 1.24 bits per heavy atom. The maximum Gasteiger partial charge on any atom is 0.191 e. The van der Waals surface area contributed by atoms with Crippen molar-refractivity contribution in [3.05, 3.63) is 35.1 Å². The Morgan fingerprint density at radius 2 is 1.96 bits per heavy atom. The van der Waals surface area contributed by atoms with Crippen LogP contribution in [0.3, 0.4) is 0 Å². The molecule has 0 aromatic heterocycles. The average molecular weight is 373 g/mol. The molecule has 0 aliphatic heterocycles. The predicted molar refractivity (Wildman–Crippen MR) is 101 cm³/mol. The smallest absolute Gasteiger partial charge is 0.191 e. The summed E-state index contributed by atoms with van der Waals surface area (Å²) < 4.78 is 36.7. The molecule has 6 nitrogen and oxygen atoms in total. The summed E-state index contributed by atoms with van der Waals surface area (Å²) in [4.78, 5) is 6.63. The van der Waals surface area contributed by atoms with E-state index in [1.54, 1.807) is 0 Å². The second-order valence-corrected chi connectivity index (χ2v) is 8.14. The summed E-state index contributed by atoms with van der Waals surface area (Å²) in [5, 5.41) is 6.36. The second kappa shape index (κ2) is 10.4. The fourth-order valence-corrected chi connectivity index (χ4v) is 3.04. The summed E-state index contributed by atoms with van der Waals surface area (Å²) in [5.74, 6) is 0.107.